The smallest absolute Gasteiger partial charge is 0.158 e. The molecule has 3 heteroatoms. The average Bonchev–Trinajstić information content (AvgIpc) is 2.80. The van der Waals surface area contributed by atoms with Gasteiger partial charge in [0.2, 0.25) is 0 Å². The maximum atomic E-state index is 5.90. The van der Waals surface area contributed by atoms with Crippen molar-refractivity contribution in [1.29, 1.82) is 0 Å². The van der Waals surface area contributed by atoms with Crippen LogP contribution in [-0.2, 0) is 0 Å². The molecule has 94 valence electrons. The molecule has 0 fully saturated rings. The van der Waals surface area contributed by atoms with Crippen molar-refractivity contribution >= 4 is 11.4 Å². The van der Waals surface area contributed by atoms with E-state index in [9.17, 15) is 0 Å². The molecule has 0 aliphatic heterocycles. The van der Waals surface area contributed by atoms with E-state index in [0.29, 0.717) is 17.1 Å². The Bertz CT molecular complexity index is 702. The number of hydrogen-bond donors (Lipinski definition) is 2. The Morgan fingerprint density at radius 3 is 2.11 bits per heavy atom. The lowest BCUT2D eigenvalue weighted by atomic mass is 10.0. The van der Waals surface area contributed by atoms with Gasteiger partial charge in [0.05, 0.1) is 5.69 Å². The van der Waals surface area contributed by atoms with Gasteiger partial charge in [-0.3, -0.25) is 0 Å². The highest BCUT2D eigenvalue weighted by atomic mass is 16.3. The molecule has 0 spiro atoms. The number of hydrogen-bond acceptors (Lipinski definition) is 3. The third kappa shape index (κ3) is 2.06. The molecule has 3 aromatic rings. The normalized spacial score (nSPS) is 10.5. The monoisotopic (exact) mass is 250 g/mol. The highest BCUT2D eigenvalue weighted by Gasteiger charge is 2.11. The first-order valence-electron chi connectivity index (χ1n) is 6.04. The second-order valence-corrected chi connectivity index (χ2v) is 4.38. The van der Waals surface area contributed by atoms with Crippen LogP contribution in [0.3, 0.4) is 0 Å². The van der Waals surface area contributed by atoms with Crippen molar-refractivity contribution in [3.05, 3.63) is 60.9 Å². The predicted molar refractivity (Wildman–Crippen MR) is 78.4 cm³/mol. The first kappa shape index (κ1) is 11.4. The molecule has 3 rings (SSSR count). The minimum absolute atomic E-state index is 0.472. The minimum atomic E-state index is 0.472. The third-order valence-electron chi connectivity index (χ3n) is 3.09. The predicted octanol–water partition coefficient (Wildman–Crippen LogP) is 3.78. The van der Waals surface area contributed by atoms with Gasteiger partial charge in [-0.2, -0.15) is 0 Å². The van der Waals surface area contributed by atoms with Crippen molar-refractivity contribution < 1.29 is 4.42 Å². The van der Waals surface area contributed by atoms with Gasteiger partial charge in [0.25, 0.3) is 0 Å². The zero-order valence-corrected chi connectivity index (χ0v) is 10.3. The molecule has 0 aliphatic carbocycles. The van der Waals surface area contributed by atoms with Crippen LogP contribution in [0.15, 0.2) is 65.3 Å². The first-order chi connectivity index (χ1) is 9.25. The summed E-state index contributed by atoms with van der Waals surface area (Å²) in [6, 6.07) is 18.2. The Labute approximate surface area is 111 Å². The van der Waals surface area contributed by atoms with E-state index in [2.05, 4.69) is 18.2 Å². The number of rotatable bonds is 2. The van der Waals surface area contributed by atoms with Crippen LogP contribution in [0.25, 0.3) is 22.5 Å². The van der Waals surface area contributed by atoms with Crippen LogP contribution in [0.4, 0.5) is 11.4 Å². The summed E-state index contributed by atoms with van der Waals surface area (Å²) >= 11 is 0. The number of furan rings is 1. The summed E-state index contributed by atoms with van der Waals surface area (Å²) in [7, 11) is 0. The second kappa shape index (κ2) is 4.53. The van der Waals surface area contributed by atoms with Gasteiger partial charge in [-0.25, -0.2) is 0 Å². The molecule has 1 heterocycles. The Balaban J connectivity index is 2.08. The lowest BCUT2D eigenvalue weighted by molar-refractivity contribution is 0.584. The van der Waals surface area contributed by atoms with Crippen molar-refractivity contribution in [3.63, 3.8) is 0 Å². The van der Waals surface area contributed by atoms with Crippen LogP contribution in [0.1, 0.15) is 0 Å². The fourth-order valence-electron chi connectivity index (χ4n) is 2.07. The van der Waals surface area contributed by atoms with Crippen molar-refractivity contribution in [2.75, 3.05) is 11.5 Å². The van der Waals surface area contributed by atoms with Gasteiger partial charge in [-0.1, -0.05) is 48.5 Å². The summed E-state index contributed by atoms with van der Waals surface area (Å²) in [5.41, 5.74) is 15.8. The highest BCUT2D eigenvalue weighted by Crippen LogP contribution is 2.34. The summed E-state index contributed by atoms with van der Waals surface area (Å²) in [6.07, 6.45) is 1.47. The Morgan fingerprint density at radius 1 is 0.737 bits per heavy atom. The molecule has 0 bridgehead atoms. The van der Waals surface area contributed by atoms with E-state index in [0.717, 1.165) is 16.7 Å². The molecule has 1 aromatic heterocycles. The van der Waals surface area contributed by atoms with Crippen LogP contribution >= 0.6 is 0 Å². The van der Waals surface area contributed by atoms with Crippen LogP contribution in [0.2, 0.25) is 0 Å². The lowest BCUT2D eigenvalue weighted by Gasteiger charge is -2.04. The zero-order valence-electron chi connectivity index (χ0n) is 10.3. The minimum Gasteiger partial charge on any atom is -0.460 e. The van der Waals surface area contributed by atoms with E-state index in [1.807, 2.05) is 36.4 Å². The van der Waals surface area contributed by atoms with Crippen molar-refractivity contribution in [2.24, 2.45) is 0 Å². The maximum Gasteiger partial charge on any atom is 0.158 e. The summed E-state index contributed by atoms with van der Waals surface area (Å²) in [6.45, 7) is 0. The Hall–Kier alpha value is -2.68. The van der Waals surface area contributed by atoms with E-state index >= 15 is 0 Å². The Morgan fingerprint density at radius 2 is 1.42 bits per heavy atom. The number of benzene rings is 2. The van der Waals surface area contributed by atoms with Crippen molar-refractivity contribution in [2.45, 2.75) is 0 Å². The van der Waals surface area contributed by atoms with Gasteiger partial charge in [0.1, 0.15) is 12.0 Å². The summed E-state index contributed by atoms with van der Waals surface area (Å²) in [5.74, 6) is 0.621. The zero-order chi connectivity index (χ0) is 13.2. The third-order valence-corrected chi connectivity index (χ3v) is 3.09. The van der Waals surface area contributed by atoms with Gasteiger partial charge in [0, 0.05) is 5.56 Å². The molecule has 3 nitrogen and oxygen atoms in total. The first-order valence-corrected chi connectivity index (χ1v) is 6.04. The van der Waals surface area contributed by atoms with Crippen LogP contribution < -0.4 is 11.5 Å². The van der Waals surface area contributed by atoms with Gasteiger partial charge in [0.15, 0.2) is 5.76 Å². The van der Waals surface area contributed by atoms with E-state index in [1.165, 1.54) is 6.26 Å². The molecule has 0 atom stereocenters. The molecule has 19 heavy (non-hydrogen) atoms. The molecule has 0 radical (unpaired) electrons. The fourth-order valence-corrected chi connectivity index (χ4v) is 2.07. The number of nitrogens with two attached hydrogens (primary N) is 2. The molecular weight excluding hydrogens is 236 g/mol. The van der Waals surface area contributed by atoms with Crippen molar-refractivity contribution in [1.82, 2.24) is 0 Å². The van der Waals surface area contributed by atoms with Crippen molar-refractivity contribution in [3.8, 4) is 22.5 Å². The Kier molecular flexibility index (Phi) is 2.72. The molecule has 0 aliphatic rings. The van der Waals surface area contributed by atoms with Crippen LogP contribution in [0.5, 0.6) is 0 Å². The number of nitrogen functional groups attached to an aromatic ring is 2. The molecule has 0 saturated carbocycles. The quantitative estimate of drug-likeness (QED) is 0.727. The molecule has 4 N–H and O–H groups in total. The molecule has 0 amide bonds. The topological polar surface area (TPSA) is 65.2 Å². The molecule has 0 unspecified atom stereocenters. The standard InChI is InChI=1S/C16H14N2O/c17-14-10-19-16(15(14)18)13-8-4-7-12(9-13)11-5-2-1-3-6-11/h1-10H,17-18H2. The van der Waals surface area contributed by atoms with E-state index in [1.54, 1.807) is 0 Å². The van der Waals surface area contributed by atoms with Crippen LogP contribution in [0, 0.1) is 0 Å². The van der Waals surface area contributed by atoms with Gasteiger partial charge in [-0.15, -0.1) is 0 Å². The summed E-state index contributed by atoms with van der Waals surface area (Å²) in [5, 5.41) is 0. The second-order valence-electron chi connectivity index (χ2n) is 4.38. The summed E-state index contributed by atoms with van der Waals surface area (Å²) in [4.78, 5) is 0. The van der Waals surface area contributed by atoms with Gasteiger partial charge >= 0.3 is 0 Å². The molecular formula is C16H14N2O. The van der Waals surface area contributed by atoms with E-state index < -0.39 is 0 Å². The lowest BCUT2D eigenvalue weighted by Crippen LogP contribution is -1.91. The fraction of sp³-hybridized carbons (Fsp3) is 0. The molecule has 2 aromatic carbocycles. The SMILES string of the molecule is Nc1coc(-c2cccc(-c3ccccc3)c2)c1N. The van der Waals surface area contributed by atoms with Gasteiger partial charge in [-0.05, 0) is 17.2 Å². The van der Waals surface area contributed by atoms with E-state index in [4.69, 9.17) is 15.9 Å². The largest absolute Gasteiger partial charge is 0.460 e. The highest BCUT2D eigenvalue weighted by molar-refractivity contribution is 5.82. The number of anilines is 2. The molecule has 0 saturated heterocycles. The average molecular weight is 250 g/mol. The van der Waals surface area contributed by atoms with E-state index in [-0.39, 0.29) is 0 Å². The maximum absolute atomic E-state index is 5.90. The van der Waals surface area contributed by atoms with Gasteiger partial charge < -0.3 is 15.9 Å². The van der Waals surface area contributed by atoms with Crippen LogP contribution in [-0.4, -0.2) is 0 Å². The summed E-state index contributed by atoms with van der Waals surface area (Å²) < 4.78 is 5.42.